The second kappa shape index (κ2) is 3.76. The minimum absolute atomic E-state index is 0.166. The van der Waals surface area contributed by atoms with Crippen molar-refractivity contribution in [1.29, 1.82) is 0 Å². The highest BCUT2D eigenvalue weighted by atomic mass is 32.1. The van der Waals surface area contributed by atoms with Crippen molar-refractivity contribution in [2.24, 2.45) is 11.1 Å². The third kappa shape index (κ3) is 3.08. The monoisotopic (exact) mass is 198 g/mol. The van der Waals surface area contributed by atoms with E-state index in [4.69, 9.17) is 5.73 Å². The second-order valence-corrected chi connectivity index (χ2v) is 5.86. The molecule has 0 aliphatic carbocycles. The molecule has 74 valence electrons. The molecule has 0 amide bonds. The van der Waals surface area contributed by atoms with Crippen molar-refractivity contribution in [1.82, 2.24) is 4.98 Å². The number of hydrogen-bond acceptors (Lipinski definition) is 3. The first-order valence-electron chi connectivity index (χ1n) is 4.56. The molecule has 1 atom stereocenters. The van der Waals surface area contributed by atoms with E-state index >= 15 is 0 Å². The van der Waals surface area contributed by atoms with E-state index in [1.807, 2.05) is 6.20 Å². The molecule has 1 unspecified atom stereocenters. The molecule has 0 saturated carbocycles. The summed E-state index contributed by atoms with van der Waals surface area (Å²) in [7, 11) is 0. The molecule has 0 saturated heterocycles. The van der Waals surface area contributed by atoms with Crippen LogP contribution >= 0.6 is 11.3 Å². The van der Waals surface area contributed by atoms with Crippen LogP contribution < -0.4 is 5.73 Å². The van der Waals surface area contributed by atoms with E-state index in [-0.39, 0.29) is 11.5 Å². The maximum atomic E-state index is 6.06. The first-order chi connectivity index (χ1) is 5.89. The van der Waals surface area contributed by atoms with Crippen LogP contribution in [0.15, 0.2) is 6.20 Å². The Morgan fingerprint density at radius 1 is 1.54 bits per heavy atom. The molecule has 2 nitrogen and oxygen atoms in total. The third-order valence-electron chi connectivity index (χ3n) is 2.18. The van der Waals surface area contributed by atoms with Gasteiger partial charge in [0.1, 0.15) is 0 Å². The third-order valence-corrected chi connectivity index (χ3v) is 3.11. The largest absolute Gasteiger partial charge is 0.327 e. The summed E-state index contributed by atoms with van der Waals surface area (Å²) in [6.45, 7) is 8.57. The number of hydrogen-bond donors (Lipinski definition) is 1. The molecule has 0 radical (unpaired) electrons. The molecule has 1 rings (SSSR count). The number of nitrogens with two attached hydrogens (primary N) is 1. The van der Waals surface area contributed by atoms with E-state index in [1.165, 1.54) is 4.88 Å². The lowest BCUT2D eigenvalue weighted by Crippen LogP contribution is -2.36. The number of aromatic nitrogens is 1. The van der Waals surface area contributed by atoms with Gasteiger partial charge in [-0.25, -0.2) is 4.98 Å². The van der Waals surface area contributed by atoms with Gasteiger partial charge in [0.05, 0.1) is 5.01 Å². The molecule has 0 spiro atoms. The fraction of sp³-hybridized carbons (Fsp3) is 0.700. The SMILES string of the molecule is Cc1cnc(CC(N)C(C)(C)C)s1. The van der Waals surface area contributed by atoms with Crippen molar-refractivity contribution >= 4 is 11.3 Å². The molecule has 13 heavy (non-hydrogen) atoms. The van der Waals surface area contributed by atoms with Crippen LogP contribution in [0.25, 0.3) is 0 Å². The predicted octanol–water partition coefficient (Wildman–Crippen LogP) is 2.37. The van der Waals surface area contributed by atoms with Gasteiger partial charge in [-0.1, -0.05) is 20.8 Å². The first-order valence-corrected chi connectivity index (χ1v) is 5.38. The van der Waals surface area contributed by atoms with Crippen LogP contribution in [0.3, 0.4) is 0 Å². The zero-order chi connectivity index (χ0) is 10.1. The number of nitrogens with zero attached hydrogens (tertiary/aromatic N) is 1. The maximum absolute atomic E-state index is 6.06. The molecule has 0 aliphatic rings. The van der Waals surface area contributed by atoms with Crippen LogP contribution in [0, 0.1) is 12.3 Å². The van der Waals surface area contributed by atoms with Gasteiger partial charge in [-0.2, -0.15) is 0 Å². The summed E-state index contributed by atoms with van der Waals surface area (Å²) in [5, 5.41) is 1.15. The van der Waals surface area contributed by atoms with Crippen molar-refractivity contribution in [2.75, 3.05) is 0 Å². The highest BCUT2D eigenvalue weighted by Gasteiger charge is 2.21. The van der Waals surface area contributed by atoms with Crippen molar-refractivity contribution in [2.45, 2.75) is 40.2 Å². The van der Waals surface area contributed by atoms with E-state index in [0.29, 0.717) is 0 Å². The Morgan fingerprint density at radius 2 is 2.15 bits per heavy atom. The lowest BCUT2D eigenvalue weighted by Gasteiger charge is -2.26. The number of thiazole rings is 1. The van der Waals surface area contributed by atoms with E-state index in [9.17, 15) is 0 Å². The number of aryl methyl sites for hydroxylation is 1. The molecule has 2 N–H and O–H groups in total. The van der Waals surface area contributed by atoms with Gasteiger partial charge in [0.15, 0.2) is 0 Å². The van der Waals surface area contributed by atoms with Crippen LogP contribution in [-0.4, -0.2) is 11.0 Å². The standard InChI is InChI=1S/C10H18N2S/c1-7-6-12-9(13-7)5-8(11)10(2,3)4/h6,8H,5,11H2,1-4H3. The molecule has 3 heteroatoms. The molecule has 0 bridgehead atoms. The summed E-state index contributed by atoms with van der Waals surface area (Å²) in [6.07, 6.45) is 2.80. The molecular formula is C10H18N2S. The van der Waals surface area contributed by atoms with Gasteiger partial charge in [-0.05, 0) is 12.3 Å². The van der Waals surface area contributed by atoms with Crippen LogP contribution in [0.1, 0.15) is 30.7 Å². The molecular weight excluding hydrogens is 180 g/mol. The highest BCUT2D eigenvalue weighted by molar-refractivity contribution is 7.11. The van der Waals surface area contributed by atoms with Crippen molar-refractivity contribution < 1.29 is 0 Å². The van der Waals surface area contributed by atoms with Crippen molar-refractivity contribution in [3.63, 3.8) is 0 Å². The summed E-state index contributed by atoms with van der Waals surface area (Å²) in [6, 6.07) is 0.193. The van der Waals surface area contributed by atoms with Crippen molar-refractivity contribution in [3.05, 3.63) is 16.1 Å². The minimum atomic E-state index is 0.166. The zero-order valence-corrected chi connectivity index (χ0v) is 9.61. The van der Waals surface area contributed by atoms with Crippen LogP contribution in [-0.2, 0) is 6.42 Å². The Kier molecular flexibility index (Phi) is 3.09. The van der Waals surface area contributed by atoms with Gasteiger partial charge in [0.25, 0.3) is 0 Å². The summed E-state index contributed by atoms with van der Waals surface area (Å²) in [5.41, 5.74) is 6.22. The normalized spacial score (nSPS) is 14.5. The summed E-state index contributed by atoms with van der Waals surface area (Å²) < 4.78 is 0. The van der Waals surface area contributed by atoms with Crippen LogP contribution in [0.2, 0.25) is 0 Å². The molecule has 0 aromatic carbocycles. The smallest absolute Gasteiger partial charge is 0.0943 e. The van der Waals surface area contributed by atoms with Gasteiger partial charge in [0, 0.05) is 23.5 Å². The van der Waals surface area contributed by atoms with Crippen molar-refractivity contribution in [3.8, 4) is 0 Å². The van der Waals surface area contributed by atoms with Gasteiger partial charge in [-0.3, -0.25) is 0 Å². The molecule has 1 aromatic rings. The van der Waals surface area contributed by atoms with Gasteiger partial charge < -0.3 is 5.73 Å². The second-order valence-electron chi connectivity index (χ2n) is 4.54. The van der Waals surface area contributed by atoms with Crippen LogP contribution in [0.5, 0.6) is 0 Å². The molecule has 1 aromatic heterocycles. The molecule has 0 aliphatic heterocycles. The fourth-order valence-electron chi connectivity index (χ4n) is 0.990. The van der Waals surface area contributed by atoms with E-state index in [2.05, 4.69) is 32.7 Å². The lowest BCUT2D eigenvalue weighted by molar-refractivity contribution is 0.318. The quantitative estimate of drug-likeness (QED) is 0.792. The molecule has 0 fully saturated rings. The number of rotatable bonds is 2. The van der Waals surface area contributed by atoms with E-state index < -0.39 is 0 Å². The summed E-state index contributed by atoms with van der Waals surface area (Å²) >= 11 is 1.74. The van der Waals surface area contributed by atoms with Gasteiger partial charge in [0.2, 0.25) is 0 Å². The average Bonchev–Trinajstić information content (AvgIpc) is 2.33. The highest BCUT2D eigenvalue weighted by Crippen LogP contribution is 2.22. The maximum Gasteiger partial charge on any atom is 0.0943 e. The Bertz CT molecular complexity index is 273. The minimum Gasteiger partial charge on any atom is -0.327 e. The van der Waals surface area contributed by atoms with E-state index in [1.54, 1.807) is 11.3 Å². The molecule has 1 heterocycles. The average molecular weight is 198 g/mol. The Labute approximate surface area is 84.2 Å². The fourth-order valence-corrected chi connectivity index (χ4v) is 1.84. The lowest BCUT2D eigenvalue weighted by atomic mass is 9.86. The predicted molar refractivity (Wildman–Crippen MR) is 58.0 cm³/mol. The van der Waals surface area contributed by atoms with Gasteiger partial charge >= 0.3 is 0 Å². The van der Waals surface area contributed by atoms with E-state index in [0.717, 1.165) is 11.4 Å². The Morgan fingerprint density at radius 3 is 2.54 bits per heavy atom. The summed E-state index contributed by atoms with van der Waals surface area (Å²) in [4.78, 5) is 5.57. The summed E-state index contributed by atoms with van der Waals surface area (Å²) in [5.74, 6) is 0. The Hall–Kier alpha value is -0.410. The topological polar surface area (TPSA) is 38.9 Å². The van der Waals surface area contributed by atoms with Gasteiger partial charge in [-0.15, -0.1) is 11.3 Å². The van der Waals surface area contributed by atoms with Crippen LogP contribution in [0.4, 0.5) is 0 Å². The Balaban J connectivity index is 2.60. The first kappa shape index (κ1) is 10.7. The zero-order valence-electron chi connectivity index (χ0n) is 8.79.